The van der Waals surface area contributed by atoms with Crippen molar-refractivity contribution >= 4 is 28.9 Å². The lowest BCUT2D eigenvalue weighted by molar-refractivity contribution is -0.122. The molecule has 0 aliphatic heterocycles. The molecule has 4 nitrogen and oxygen atoms in total. The lowest BCUT2D eigenvalue weighted by Gasteiger charge is -2.17. The molecule has 5 heteroatoms. The molecular formula is C17H19ClN2O2. The van der Waals surface area contributed by atoms with E-state index in [1.54, 1.807) is 18.2 Å². The van der Waals surface area contributed by atoms with E-state index in [1.807, 2.05) is 38.1 Å². The molecule has 2 aromatic carbocycles. The number of carbonyl (C=O) groups is 1. The Morgan fingerprint density at radius 1 is 1.27 bits per heavy atom. The Bertz CT molecular complexity index is 656. The first-order valence-corrected chi connectivity index (χ1v) is 7.46. The van der Waals surface area contributed by atoms with E-state index in [9.17, 15) is 4.79 Å². The van der Waals surface area contributed by atoms with E-state index >= 15 is 0 Å². The number of rotatable bonds is 5. The predicted octanol–water partition coefficient (Wildman–Crippen LogP) is 4.03. The van der Waals surface area contributed by atoms with E-state index in [0.29, 0.717) is 28.6 Å². The average molecular weight is 319 g/mol. The van der Waals surface area contributed by atoms with Gasteiger partial charge in [0.1, 0.15) is 5.75 Å². The SMILES string of the molecule is CCC(Oc1ccc(C)cc1)C(=O)Nc1ccc(Cl)c(N)c1. The second kappa shape index (κ2) is 7.18. The number of carbonyl (C=O) groups excluding carboxylic acids is 1. The van der Waals surface area contributed by atoms with Crippen molar-refractivity contribution in [3.63, 3.8) is 0 Å². The Labute approximate surface area is 135 Å². The van der Waals surface area contributed by atoms with E-state index in [-0.39, 0.29) is 5.91 Å². The minimum absolute atomic E-state index is 0.218. The molecule has 0 bridgehead atoms. The maximum atomic E-state index is 12.3. The summed E-state index contributed by atoms with van der Waals surface area (Å²) < 4.78 is 5.74. The van der Waals surface area contributed by atoms with Gasteiger partial charge in [-0.3, -0.25) is 4.79 Å². The maximum absolute atomic E-state index is 12.3. The maximum Gasteiger partial charge on any atom is 0.265 e. The van der Waals surface area contributed by atoms with Crippen LogP contribution in [-0.2, 0) is 4.79 Å². The topological polar surface area (TPSA) is 64.3 Å². The van der Waals surface area contributed by atoms with E-state index in [1.165, 1.54) is 0 Å². The standard InChI is InChI=1S/C17H19ClN2O2/c1-3-16(22-13-7-4-11(2)5-8-13)17(21)20-12-6-9-14(18)15(19)10-12/h4-10,16H,3,19H2,1-2H3,(H,20,21). The molecule has 0 radical (unpaired) electrons. The van der Waals surface area contributed by atoms with Crippen LogP contribution in [0.2, 0.25) is 5.02 Å². The van der Waals surface area contributed by atoms with Gasteiger partial charge >= 0.3 is 0 Å². The van der Waals surface area contributed by atoms with Crippen LogP contribution in [0.15, 0.2) is 42.5 Å². The molecule has 1 unspecified atom stereocenters. The first-order valence-electron chi connectivity index (χ1n) is 7.09. The second-order valence-electron chi connectivity index (χ2n) is 5.05. The van der Waals surface area contributed by atoms with Crippen LogP contribution >= 0.6 is 11.6 Å². The van der Waals surface area contributed by atoms with Gasteiger partial charge in [-0.1, -0.05) is 36.2 Å². The van der Waals surface area contributed by atoms with Crippen LogP contribution in [0.5, 0.6) is 5.75 Å². The number of amides is 1. The molecule has 3 N–H and O–H groups in total. The van der Waals surface area contributed by atoms with E-state index in [2.05, 4.69) is 5.32 Å². The molecule has 1 amide bonds. The van der Waals surface area contributed by atoms with E-state index in [4.69, 9.17) is 22.1 Å². The number of aryl methyl sites for hydroxylation is 1. The molecule has 0 aromatic heterocycles. The number of hydrogen-bond acceptors (Lipinski definition) is 3. The summed E-state index contributed by atoms with van der Waals surface area (Å²) in [7, 11) is 0. The number of nitrogens with two attached hydrogens (primary N) is 1. The molecule has 2 rings (SSSR count). The largest absolute Gasteiger partial charge is 0.481 e. The first kappa shape index (κ1) is 16.2. The van der Waals surface area contributed by atoms with Gasteiger partial charge in [0.25, 0.3) is 5.91 Å². The third-order valence-corrected chi connectivity index (χ3v) is 3.57. The van der Waals surface area contributed by atoms with Crippen molar-refractivity contribution in [3.8, 4) is 5.75 Å². The summed E-state index contributed by atoms with van der Waals surface area (Å²) >= 11 is 5.86. The Balaban J connectivity index is 2.04. The molecule has 0 fully saturated rings. The predicted molar refractivity (Wildman–Crippen MR) is 90.4 cm³/mol. The number of anilines is 2. The third kappa shape index (κ3) is 4.15. The Hall–Kier alpha value is -2.20. The second-order valence-corrected chi connectivity index (χ2v) is 5.46. The van der Waals surface area contributed by atoms with Crippen LogP contribution in [0.25, 0.3) is 0 Å². The summed E-state index contributed by atoms with van der Waals surface area (Å²) in [6.45, 7) is 3.90. The monoisotopic (exact) mass is 318 g/mol. The van der Waals surface area contributed by atoms with Gasteiger partial charge in [-0.05, 0) is 43.7 Å². The molecule has 2 aromatic rings. The highest BCUT2D eigenvalue weighted by Gasteiger charge is 2.18. The smallest absolute Gasteiger partial charge is 0.265 e. The molecule has 0 aliphatic rings. The fraction of sp³-hybridized carbons (Fsp3) is 0.235. The van der Waals surface area contributed by atoms with Gasteiger partial charge in [0.05, 0.1) is 10.7 Å². The van der Waals surface area contributed by atoms with Crippen molar-refractivity contribution < 1.29 is 9.53 Å². The zero-order valence-electron chi connectivity index (χ0n) is 12.6. The van der Waals surface area contributed by atoms with Crippen LogP contribution in [0, 0.1) is 6.92 Å². The van der Waals surface area contributed by atoms with Crippen LogP contribution in [0.4, 0.5) is 11.4 Å². The number of hydrogen-bond donors (Lipinski definition) is 2. The number of ether oxygens (including phenoxy) is 1. The highest BCUT2D eigenvalue weighted by molar-refractivity contribution is 6.33. The Kier molecular flexibility index (Phi) is 5.28. The van der Waals surface area contributed by atoms with Gasteiger partial charge < -0.3 is 15.8 Å². The zero-order valence-corrected chi connectivity index (χ0v) is 13.4. The van der Waals surface area contributed by atoms with Crippen molar-refractivity contribution in [2.75, 3.05) is 11.1 Å². The quantitative estimate of drug-likeness (QED) is 0.818. The van der Waals surface area contributed by atoms with Gasteiger partial charge in [0, 0.05) is 5.69 Å². The number of nitrogens with one attached hydrogen (secondary N) is 1. The summed E-state index contributed by atoms with van der Waals surface area (Å²) in [5.74, 6) is 0.452. The number of nitrogen functional groups attached to an aromatic ring is 1. The highest BCUT2D eigenvalue weighted by atomic mass is 35.5. The molecule has 0 saturated heterocycles. The summed E-state index contributed by atoms with van der Waals surface area (Å²) in [6, 6.07) is 12.6. The van der Waals surface area contributed by atoms with Crippen molar-refractivity contribution in [2.45, 2.75) is 26.4 Å². The summed E-state index contributed by atoms with van der Waals surface area (Å²) in [6.07, 6.45) is -0.0115. The molecule has 1 atom stereocenters. The Morgan fingerprint density at radius 2 is 1.95 bits per heavy atom. The van der Waals surface area contributed by atoms with Crippen LogP contribution < -0.4 is 15.8 Å². The van der Waals surface area contributed by atoms with Crippen LogP contribution in [0.3, 0.4) is 0 Å². The fourth-order valence-electron chi connectivity index (χ4n) is 1.95. The van der Waals surface area contributed by atoms with Gasteiger partial charge in [-0.2, -0.15) is 0 Å². The first-order chi connectivity index (χ1) is 10.5. The number of halogens is 1. The molecular weight excluding hydrogens is 300 g/mol. The molecule has 0 saturated carbocycles. The van der Waals surface area contributed by atoms with Crippen molar-refractivity contribution in [3.05, 3.63) is 53.1 Å². The summed E-state index contributed by atoms with van der Waals surface area (Å²) in [5, 5.41) is 3.25. The molecule has 0 aliphatic carbocycles. The zero-order chi connectivity index (χ0) is 16.1. The molecule has 0 spiro atoms. The minimum Gasteiger partial charge on any atom is -0.481 e. The van der Waals surface area contributed by atoms with Gasteiger partial charge in [-0.25, -0.2) is 0 Å². The third-order valence-electron chi connectivity index (χ3n) is 3.23. The minimum atomic E-state index is -0.570. The lowest BCUT2D eigenvalue weighted by Crippen LogP contribution is -2.32. The fourth-order valence-corrected chi connectivity index (χ4v) is 2.07. The summed E-state index contributed by atoms with van der Waals surface area (Å²) in [5.41, 5.74) is 7.89. The number of benzene rings is 2. The van der Waals surface area contributed by atoms with Crippen LogP contribution in [0.1, 0.15) is 18.9 Å². The summed E-state index contributed by atoms with van der Waals surface area (Å²) in [4.78, 5) is 12.3. The van der Waals surface area contributed by atoms with Gasteiger partial charge in [0.2, 0.25) is 0 Å². The lowest BCUT2D eigenvalue weighted by atomic mass is 10.2. The molecule has 0 heterocycles. The van der Waals surface area contributed by atoms with Crippen molar-refractivity contribution in [1.29, 1.82) is 0 Å². The average Bonchev–Trinajstić information content (AvgIpc) is 2.50. The van der Waals surface area contributed by atoms with E-state index < -0.39 is 6.10 Å². The van der Waals surface area contributed by atoms with E-state index in [0.717, 1.165) is 5.56 Å². The Morgan fingerprint density at radius 3 is 2.55 bits per heavy atom. The highest BCUT2D eigenvalue weighted by Crippen LogP contribution is 2.23. The van der Waals surface area contributed by atoms with Gasteiger partial charge in [0.15, 0.2) is 6.10 Å². The van der Waals surface area contributed by atoms with Crippen molar-refractivity contribution in [1.82, 2.24) is 0 Å². The van der Waals surface area contributed by atoms with Crippen LogP contribution in [-0.4, -0.2) is 12.0 Å². The normalized spacial score (nSPS) is 11.8. The molecule has 22 heavy (non-hydrogen) atoms. The molecule has 116 valence electrons. The van der Waals surface area contributed by atoms with Crippen molar-refractivity contribution in [2.24, 2.45) is 0 Å². The van der Waals surface area contributed by atoms with Gasteiger partial charge in [-0.15, -0.1) is 0 Å².